The first-order chi connectivity index (χ1) is 21.8. The summed E-state index contributed by atoms with van der Waals surface area (Å²) in [5.74, 6) is -0.391. The van der Waals surface area contributed by atoms with Crippen molar-refractivity contribution in [2.75, 3.05) is 33.0 Å². The molecule has 0 rings (SSSR count). The summed E-state index contributed by atoms with van der Waals surface area (Å²) in [4.78, 5) is 22.3. The first kappa shape index (κ1) is 44.2. The van der Waals surface area contributed by atoms with Gasteiger partial charge >= 0.3 is 13.8 Å². The topological polar surface area (TPSA) is 132 Å². The van der Waals surface area contributed by atoms with E-state index < -0.39 is 39.2 Å². The van der Waals surface area contributed by atoms with Gasteiger partial charge in [0.2, 0.25) is 0 Å². The zero-order chi connectivity index (χ0) is 33.3. The van der Waals surface area contributed by atoms with Crippen LogP contribution in [-0.2, 0) is 27.9 Å². The largest absolute Gasteiger partial charge is 0.472 e. The predicted octanol–water partition coefficient (Wildman–Crippen LogP) is 8.97. The maximum absolute atomic E-state index is 12.4. The molecule has 0 saturated heterocycles. The van der Waals surface area contributed by atoms with E-state index in [0.29, 0.717) is 6.61 Å². The molecule has 3 N–H and O–H groups in total. The van der Waals surface area contributed by atoms with E-state index in [1.807, 2.05) is 0 Å². The molecule has 0 saturated carbocycles. The SMILES string of the molecule is CCCCCCCCC/C=C\CCCCCCCCOCC(COP(=O)(O)OCC(O)CO)OC(=O)CCCCCCCCC. The van der Waals surface area contributed by atoms with Gasteiger partial charge in [-0.05, 0) is 38.5 Å². The van der Waals surface area contributed by atoms with Crippen LogP contribution >= 0.6 is 7.82 Å². The number of esters is 1. The normalized spacial score (nSPS) is 14.5. The van der Waals surface area contributed by atoms with Gasteiger partial charge in [-0.15, -0.1) is 0 Å². The lowest BCUT2D eigenvalue weighted by molar-refractivity contribution is -0.154. The second kappa shape index (κ2) is 33.1. The molecule has 10 heteroatoms. The molecule has 45 heavy (non-hydrogen) atoms. The lowest BCUT2D eigenvalue weighted by Crippen LogP contribution is -2.29. The van der Waals surface area contributed by atoms with Crippen LogP contribution in [0, 0.1) is 0 Å². The third-order valence-electron chi connectivity index (χ3n) is 7.70. The molecule has 0 aromatic heterocycles. The van der Waals surface area contributed by atoms with E-state index in [9.17, 15) is 19.4 Å². The standard InChI is InChI=1S/C35H69O9P/c1-3-5-7-9-11-12-13-14-15-16-17-18-19-20-22-24-26-28-41-31-34(32-43-45(39,40)42-30-33(37)29-36)44-35(38)27-25-23-21-10-8-6-4-2/h15-16,33-34,36-37H,3-14,17-32H2,1-2H3,(H,39,40)/b16-15-. The minimum atomic E-state index is -4.50. The maximum Gasteiger partial charge on any atom is 0.472 e. The van der Waals surface area contributed by atoms with Crippen LogP contribution in [0.2, 0.25) is 0 Å². The van der Waals surface area contributed by atoms with Gasteiger partial charge in [-0.1, -0.05) is 129 Å². The summed E-state index contributed by atoms with van der Waals surface area (Å²) >= 11 is 0. The number of phosphoric acid groups is 1. The van der Waals surface area contributed by atoms with E-state index in [1.165, 1.54) is 96.3 Å². The van der Waals surface area contributed by atoms with Gasteiger partial charge in [0.05, 0.1) is 26.4 Å². The van der Waals surface area contributed by atoms with Crippen molar-refractivity contribution in [1.29, 1.82) is 0 Å². The van der Waals surface area contributed by atoms with Gasteiger partial charge in [0.1, 0.15) is 12.2 Å². The van der Waals surface area contributed by atoms with Crippen molar-refractivity contribution in [2.45, 2.75) is 174 Å². The van der Waals surface area contributed by atoms with Crippen LogP contribution in [0.1, 0.15) is 162 Å². The van der Waals surface area contributed by atoms with Gasteiger partial charge in [0.15, 0.2) is 0 Å². The molecule has 0 fully saturated rings. The number of carbonyl (C=O) groups excluding carboxylic acids is 1. The Bertz CT molecular complexity index is 719. The molecule has 0 heterocycles. The zero-order valence-electron chi connectivity index (χ0n) is 28.8. The molecule has 0 spiro atoms. The summed E-state index contributed by atoms with van der Waals surface area (Å²) in [6, 6.07) is 0. The molecular weight excluding hydrogens is 595 g/mol. The average Bonchev–Trinajstić information content (AvgIpc) is 3.03. The molecule has 0 aromatic carbocycles. The van der Waals surface area contributed by atoms with Crippen molar-refractivity contribution in [3.05, 3.63) is 12.2 Å². The Morgan fingerprint density at radius 3 is 1.67 bits per heavy atom. The second-order valence-corrected chi connectivity index (χ2v) is 13.7. The van der Waals surface area contributed by atoms with Crippen LogP contribution in [0.15, 0.2) is 12.2 Å². The molecule has 268 valence electrons. The zero-order valence-corrected chi connectivity index (χ0v) is 29.7. The smallest absolute Gasteiger partial charge is 0.457 e. The number of carbonyl (C=O) groups is 1. The number of phosphoric ester groups is 1. The van der Waals surface area contributed by atoms with Gasteiger partial charge in [0, 0.05) is 13.0 Å². The van der Waals surface area contributed by atoms with Crippen LogP contribution < -0.4 is 0 Å². The van der Waals surface area contributed by atoms with Crippen LogP contribution in [0.5, 0.6) is 0 Å². The van der Waals surface area contributed by atoms with Crippen molar-refractivity contribution in [1.82, 2.24) is 0 Å². The van der Waals surface area contributed by atoms with Crippen molar-refractivity contribution < 1.29 is 43.0 Å². The summed E-state index contributed by atoms with van der Waals surface area (Å²) < 4.78 is 33.0. The fraction of sp³-hybridized carbons (Fsp3) is 0.914. The molecule has 0 amide bonds. The lowest BCUT2D eigenvalue weighted by Gasteiger charge is -2.20. The van der Waals surface area contributed by atoms with Gasteiger partial charge in [-0.3, -0.25) is 13.8 Å². The number of unbranched alkanes of at least 4 members (excludes halogenated alkanes) is 19. The van der Waals surface area contributed by atoms with Crippen LogP contribution in [-0.4, -0.2) is 66.3 Å². The van der Waals surface area contributed by atoms with Gasteiger partial charge < -0.3 is 24.6 Å². The number of hydrogen-bond acceptors (Lipinski definition) is 8. The number of rotatable bonds is 35. The Labute approximate surface area is 275 Å². The molecule has 0 aliphatic heterocycles. The fourth-order valence-electron chi connectivity index (χ4n) is 4.88. The highest BCUT2D eigenvalue weighted by molar-refractivity contribution is 7.47. The quantitative estimate of drug-likeness (QED) is 0.0263. The minimum absolute atomic E-state index is 0.0488. The van der Waals surface area contributed by atoms with Crippen LogP contribution in [0.4, 0.5) is 0 Å². The summed E-state index contributed by atoms with van der Waals surface area (Å²) in [6.07, 6.45) is 29.0. The first-order valence-electron chi connectivity index (χ1n) is 18.2. The minimum Gasteiger partial charge on any atom is -0.457 e. The Morgan fingerprint density at radius 1 is 0.667 bits per heavy atom. The van der Waals surface area contributed by atoms with Crippen LogP contribution in [0.3, 0.4) is 0 Å². The summed E-state index contributed by atoms with van der Waals surface area (Å²) in [5, 5.41) is 18.2. The van der Waals surface area contributed by atoms with Gasteiger partial charge in [0.25, 0.3) is 0 Å². The molecular formula is C35H69O9P. The Hall–Kier alpha value is -0.800. The Balaban J connectivity index is 4.13. The fourth-order valence-corrected chi connectivity index (χ4v) is 5.67. The molecule has 0 aliphatic carbocycles. The Kier molecular flexibility index (Phi) is 32.5. The highest BCUT2D eigenvalue weighted by Gasteiger charge is 2.26. The first-order valence-corrected chi connectivity index (χ1v) is 19.7. The molecule has 0 radical (unpaired) electrons. The van der Waals surface area contributed by atoms with E-state index in [2.05, 4.69) is 26.0 Å². The van der Waals surface area contributed by atoms with Crippen molar-refractivity contribution in [2.24, 2.45) is 0 Å². The number of aliphatic hydroxyl groups is 2. The van der Waals surface area contributed by atoms with E-state index in [0.717, 1.165) is 44.9 Å². The summed E-state index contributed by atoms with van der Waals surface area (Å²) in [6.45, 7) is 3.45. The Morgan fingerprint density at radius 2 is 1.13 bits per heavy atom. The van der Waals surface area contributed by atoms with E-state index >= 15 is 0 Å². The highest BCUT2D eigenvalue weighted by atomic mass is 31.2. The molecule has 0 aromatic rings. The maximum atomic E-state index is 12.4. The second-order valence-electron chi connectivity index (χ2n) is 12.2. The summed E-state index contributed by atoms with van der Waals surface area (Å²) in [5.41, 5.74) is 0. The van der Waals surface area contributed by atoms with Crippen molar-refractivity contribution >= 4 is 13.8 Å². The third kappa shape index (κ3) is 32.9. The number of ether oxygens (including phenoxy) is 2. The monoisotopic (exact) mass is 664 g/mol. The third-order valence-corrected chi connectivity index (χ3v) is 8.65. The number of aliphatic hydroxyl groups excluding tert-OH is 2. The van der Waals surface area contributed by atoms with Gasteiger partial charge in [-0.25, -0.2) is 4.57 Å². The molecule has 0 aliphatic rings. The van der Waals surface area contributed by atoms with E-state index in [4.69, 9.17) is 23.6 Å². The molecule has 3 atom stereocenters. The van der Waals surface area contributed by atoms with Crippen LogP contribution in [0.25, 0.3) is 0 Å². The predicted molar refractivity (Wildman–Crippen MR) is 182 cm³/mol. The molecule has 3 unspecified atom stereocenters. The summed E-state index contributed by atoms with van der Waals surface area (Å²) in [7, 11) is -4.50. The lowest BCUT2D eigenvalue weighted by atomic mass is 10.1. The number of allylic oxidation sites excluding steroid dienone is 2. The highest BCUT2D eigenvalue weighted by Crippen LogP contribution is 2.43. The number of hydrogen-bond donors (Lipinski definition) is 3. The van der Waals surface area contributed by atoms with Crippen molar-refractivity contribution in [3.8, 4) is 0 Å². The molecule has 9 nitrogen and oxygen atoms in total. The molecule has 0 bridgehead atoms. The van der Waals surface area contributed by atoms with E-state index in [-0.39, 0.29) is 19.6 Å². The van der Waals surface area contributed by atoms with E-state index in [1.54, 1.807) is 0 Å². The van der Waals surface area contributed by atoms with Gasteiger partial charge in [-0.2, -0.15) is 0 Å². The average molecular weight is 665 g/mol. The van der Waals surface area contributed by atoms with Crippen molar-refractivity contribution in [3.63, 3.8) is 0 Å².